The lowest BCUT2D eigenvalue weighted by Gasteiger charge is -2.03. The summed E-state index contributed by atoms with van der Waals surface area (Å²) < 4.78 is 0. The Morgan fingerprint density at radius 1 is 1.35 bits per heavy atom. The molecule has 4 nitrogen and oxygen atoms in total. The van der Waals surface area contributed by atoms with E-state index in [4.69, 9.17) is 11.6 Å². The molecule has 0 spiro atoms. The van der Waals surface area contributed by atoms with Crippen LogP contribution >= 0.6 is 34.7 Å². The summed E-state index contributed by atoms with van der Waals surface area (Å²) in [4.78, 5) is 10.1. The molecule has 3 heterocycles. The monoisotopic (exact) mass is 368 g/mol. The van der Waals surface area contributed by atoms with Crippen molar-refractivity contribution in [2.24, 2.45) is 0 Å². The fraction of sp³-hybridized carbons (Fsp3) is 0.375. The largest absolute Gasteiger partial charge is 0.378 e. The number of nitrogens with one attached hydrogen (secondary N) is 2. The maximum absolute atomic E-state index is 5.83. The van der Waals surface area contributed by atoms with E-state index in [0.717, 1.165) is 35.4 Å². The van der Waals surface area contributed by atoms with Gasteiger partial charge in [-0.25, -0.2) is 9.97 Å². The van der Waals surface area contributed by atoms with Gasteiger partial charge in [0, 0.05) is 17.3 Å². The van der Waals surface area contributed by atoms with Crippen LogP contribution in [0.5, 0.6) is 0 Å². The van der Waals surface area contributed by atoms with Gasteiger partial charge in [-0.3, -0.25) is 0 Å². The lowest BCUT2D eigenvalue weighted by molar-refractivity contribution is 0.820. The predicted molar refractivity (Wildman–Crippen MR) is 103 cm³/mol. The zero-order valence-electron chi connectivity index (χ0n) is 13.5. The third-order valence-corrected chi connectivity index (χ3v) is 4.99. The molecule has 2 N–H and O–H groups in total. The molecule has 1 aliphatic rings. The second-order valence-electron chi connectivity index (χ2n) is 4.55. The Hall–Kier alpha value is -1.24. The number of allylic oxidation sites excluding steroid dienone is 1. The van der Waals surface area contributed by atoms with Gasteiger partial charge in [-0.1, -0.05) is 38.8 Å². The van der Waals surface area contributed by atoms with Gasteiger partial charge in [0.25, 0.3) is 0 Å². The molecule has 0 atom stereocenters. The molecule has 0 aliphatic carbocycles. The summed E-state index contributed by atoms with van der Waals surface area (Å²) in [6.07, 6.45) is 3.83. The minimum absolute atomic E-state index is 0.628. The number of pyridine rings is 1. The molecule has 3 rings (SSSR count). The number of nitrogens with zero attached hydrogens (tertiary/aromatic N) is 2. The highest BCUT2D eigenvalue weighted by Gasteiger charge is 2.18. The van der Waals surface area contributed by atoms with Crippen LogP contribution in [-0.2, 0) is 0 Å². The quantitative estimate of drug-likeness (QED) is 0.706. The molecule has 124 valence electrons. The highest BCUT2D eigenvalue weighted by atomic mass is 35.5. The van der Waals surface area contributed by atoms with Crippen LogP contribution in [-0.4, -0.2) is 15.8 Å². The van der Waals surface area contributed by atoms with E-state index in [1.54, 1.807) is 17.5 Å². The molecule has 0 fully saturated rings. The highest BCUT2D eigenvalue weighted by molar-refractivity contribution is 8.08. The van der Waals surface area contributed by atoms with Gasteiger partial charge in [0.05, 0.1) is 21.5 Å². The first-order chi connectivity index (χ1) is 11.3. The Kier molecular flexibility index (Phi) is 7.20. The Balaban J connectivity index is 0.000000924. The van der Waals surface area contributed by atoms with E-state index in [1.807, 2.05) is 37.7 Å². The molecule has 0 saturated carbocycles. The molecule has 23 heavy (non-hydrogen) atoms. The summed E-state index contributed by atoms with van der Waals surface area (Å²) >= 11 is 9.23. The summed E-state index contributed by atoms with van der Waals surface area (Å²) in [7, 11) is 0. The Bertz CT molecular complexity index is 652. The van der Waals surface area contributed by atoms with Gasteiger partial charge < -0.3 is 10.6 Å². The Labute approximate surface area is 150 Å². The number of aromatic nitrogens is 2. The molecule has 0 radical (unpaired) electrons. The van der Waals surface area contributed by atoms with Crippen molar-refractivity contribution >= 4 is 50.6 Å². The van der Waals surface area contributed by atoms with E-state index < -0.39 is 0 Å². The van der Waals surface area contributed by atoms with Crippen LogP contribution in [0, 0.1) is 0 Å². The number of hydrogen-bond acceptors (Lipinski definition) is 6. The van der Waals surface area contributed by atoms with Gasteiger partial charge in [-0.15, -0.1) is 23.1 Å². The smallest absolute Gasteiger partial charge is 0.188 e. The number of thiazole rings is 1. The van der Waals surface area contributed by atoms with E-state index in [1.165, 1.54) is 10.6 Å². The lowest BCUT2D eigenvalue weighted by Crippen LogP contribution is -2.06. The topological polar surface area (TPSA) is 49.8 Å². The van der Waals surface area contributed by atoms with Crippen molar-refractivity contribution in [1.29, 1.82) is 0 Å². The summed E-state index contributed by atoms with van der Waals surface area (Å²) in [5, 5.41) is 10.2. The van der Waals surface area contributed by atoms with Crippen LogP contribution in [0.25, 0.3) is 4.91 Å². The molecule has 7 heteroatoms. The van der Waals surface area contributed by atoms with E-state index in [9.17, 15) is 0 Å². The lowest BCUT2D eigenvalue weighted by atomic mass is 10.2. The first-order valence-corrected chi connectivity index (χ1v) is 9.95. The standard InChI is InChI=1S/C14H15ClN4S2.C2H6/c1-2-3-10-13(21-8-17-10)11-7-20-14(18-11)19-12-5-4-9(15)6-16-12;1-2/h4-7,17H,2-3,8H2,1H3,(H,16,18,19);1-2H3. The van der Waals surface area contributed by atoms with Crippen LogP contribution in [0.3, 0.4) is 0 Å². The molecule has 0 unspecified atom stereocenters. The average molecular weight is 369 g/mol. The second kappa shape index (κ2) is 9.15. The number of anilines is 2. The SMILES string of the molecule is CC.CCCC1=C(c2csc(Nc3ccc(Cl)cn3)n2)SCN1. The van der Waals surface area contributed by atoms with Crippen LogP contribution < -0.4 is 10.6 Å². The van der Waals surface area contributed by atoms with Gasteiger partial charge in [0.2, 0.25) is 0 Å². The van der Waals surface area contributed by atoms with Crippen LogP contribution in [0.1, 0.15) is 39.3 Å². The third-order valence-electron chi connectivity index (χ3n) is 2.98. The molecule has 2 aromatic heterocycles. The summed E-state index contributed by atoms with van der Waals surface area (Å²) in [6, 6.07) is 3.65. The van der Waals surface area contributed by atoms with Crippen molar-refractivity contribution in [3.8, 4) is 0 Å². The molecule has 0 saturated heterocycles. The maximum atomic E-state index is 5.83. The van der Waals surface area contributed by atoms with Gasteiger partial charge in [-0.2, -0.15) is 0 Å². The Morgan fingerprint density at radius 3 is 2.87 bits per heavy atom. The average Bonchev–Trinajstić information content (AvgIpc) is 3.21. The number of hydrogen-bond donors (Lipinski definition) is 2. The molecule has 1 aliphatic heterocycles. The second-order valence-corrected chi connectivity index (χ2v) is 6.83. The molecular formula is C16H21ClN4S2. The molecule has 2 aromatic rings. The van der Waals surface area contributed by atoms with E-state index in [2.05, 4.69) is 32.9 Å². The molecule has 0 aromatic carbocycles. The van der Waals surface area contributed by atoms with Gasteiger partial charge in [0.15, 0.2) is 5.13 Å². The van der Waals surface area contributed by atoms with Crippen LogP contribution in [0.2, 0.25) is 5.02 Å². The zero-order chi connectivity index (χ0) is 16.7. The van der Waals surface area contributed by atoms with Crippen molar-refractivity contribution in [1.82, 2.24) is 15.3 Å². The van der Waals surface area contributed by atoms with Gasteiger partial charge in [0.1, 0.15) is 5.82 Å². The zero-order valence-corrected chi connectivity index (χ0v) is 15.9. The molecule has 0 amide bonds. The van der Waals surface area contributed by atoms with E-state index >= 15 is 0 Å². The number of rotatable bonds is 5. The van der Waals surface area contributed by atoms with Gasteiger partial charge >= 0.3 is 0 Å². The Morgan fingerprint density at radius 2 is 2.17 bits per heavy atom. The third kappa shape index (κ3) is 4.86. The van der Waals surface area contributed by atoms with Crippen LogP contribution in [0.4, 0.5) is 10.9 Å². The summed E-state index contributed by atoms with van der Waals surface area (Å²) in [5.74, 6) is 1.68. The maximum Gasteiger partial charge on any atom is 0.188 e. The number of thioether (sulfide) groups is 1. The number of halogens is 1. The van der Waals surface area contributed by atoms with E-state index in [-0.39, 0.29) is 0 Å². The van der Waals surface area contributed by atoms with Crippen molar-refractivity contribution in [2.75, 3.05) is 11.2 Å². The predicted octanol–water partition coefficient (Wildman–Crippen LogP) is 5.72. The molecule has 0 bridgehead atoms. The normalized spacial score (nSPS) is 13.4. The van der Waals surface area contributed by atoms with Crippen molar-refractivity contribution in [3.05, 3.63) is 40.1 Å². The highest BCUT2D eigenvalue weighted by Crippen LogP contribution is 2.37. The molecular weight excluding hydrogens is 348 g/mol. The van der Waals surface area contributed by atoms with Gasteiger partial charge in [-0.05, 0) is 18.6 Å². The van der Waals surface area contributed by atoms with Crippen molar-refractivity contribution in [2.45, 2.75) is 33.6 Å². The first-order valence-electron chi connectivity index (χ1n) is 7.70. The summed E-state index contributed by atoms with van der Waals surface area (Å²) in [5.41, 5.74) is 2.35. The van der Waals surface area contributed by atoms with Crippen molar-refractivity contribution < 1.29 is 0 Å². The minimum atomic E-state index is 0.628. The fourth-order valence-corrected chi connectivity index (χ4v) is 3.92. The first kappa shape index (κ1) is 18.1. The van der Waals surface area contributed by atoms with Crippen LogP contribution in [0.15, 0.2) is 29.4 Å². The minimum Gasteiger partial charge on any atom is -0.378 e. The summed E-state index contributed by atoms with van der Waals surface area (Å²) in [6.45, 7) is 6.19. The van der Waals surface area contributed by atoms with Crippen molar-refractivity contribution in [3.63, 3.8) is 0 Å². The fourth-order valence-electron chi connectivity index (χ4n) is 2.04. The van der Waals surface area contributed by atoms with E-state index in [0.29, 0.717) is 5.02 Å².